The molecule has 0 spiro atoms. The van der Waals surface area contributed by atoms with Crippen molar-refractivity contribution in [2.75, 3.05) is 18.2 Å². The highest BCUT2D eigenvalue weighted by molar-refractivity contribution is 9.09. The number of rotatable bonds is 3. The van der Waals surface area contributed by atoms with Gasteiger partial charge in [0.15, 0.2) is 9.84 Å². The lowest BCUT2D eigenvalue weighted by molar-refractivity contribution is -0.117. The van der Waals surface area contributed by atoms with Gasteiger partial charge in [-0.05, 0) is 31.0 Å². The Morgan fingerprint density at radius 3 is 2.50 bits per heavy atom. The van der Waals surface area contributed by atoms with Crippen LogP contribution in [0.4, 0.5) is 5.69 Å². The second-order valence-corrected chi connectivity index (χ2v) is 9.27. The maximum atomic E-state index is 11.9. The van der Waals surface area contributed by atoms with Crippen LogP contribution in [-0.2, 0) is 21.1 Å². The van der Waals surface area contributed by atoms with E-state index < -0.39 is 14.6 Å². The highest BCUT2D eigenvalue weighted by atomic mass is 79.9. The number of nitrogens with zero attached hydrogens (tertiary/aromatic N) is 1. The minimum atomic E-state index is -3.21. The van der Waals surface area contributed by atoms with Crippen LogP contribution in [0, 0.1) is 0 Å². The quantitative estimate of drug-likeness (QED) is 0.779. The lowest BCUT2D eigenvalue weighted by Crippen LogP contribution is -2.35. The molecule has 0 saturated heterocycles. The molecule has 1 aliphatic rings. The van der Waals surface area contributed by atoms with Crippen molar-refractivity contribution in [2.24, 2.45) is 0 Å². The van der Waals surface area contributed by atoms with Crippen LogP contribution in [0.25, 0.3) is 0 Å². The molecule has 6 heteroatoms. The number of amides is 1. The predicted octanol–water partition coefficient (Wildman–Crippen LogP) is 2.46. The number of carbonyl (C=O) groups is 1. The number of anilines is 1. The number of hydrogen-bond acceptors (Lipinski definition) is 3. The Morgan fingerprint density at radius 1 is 1.35 bits per heavy atom. The Morgan fingerprint density at radius 2 is 1.95 bits per heavy atom. The first kappa shape index (κ1) is 15.5. The van der Waals surface area contributed by atoms with Crippen molar-refractivity contribution in [3.05, 3.63) is 29.3 Å². The highest BCUT2D eigenvalue weighted by Gasteiger charge is 2.39. The van der Waals surface area contributed by atoms with Crippen LogP contribution in [-0.4, -0.2) is 32.4 Å². The molecule has 0 N–H and O–H groups in total. The number of halogens is 1. The lowest BCUT2D eigenvalue weighted by Gasteiger charge is -2.29. The van der Waals surface area contributed by atoms with Crippen molar-refractivity contribution in [2.45, 2.75) is 29.8 Å². The molecule has 1 aliphatic heterocycles. The second-order valence-electron chi connectivity index (χ2n) is 5.76. The fraction of sp³-hybridized carbons (Fsp3) is 0.500. The number of alkyl halides is 1. The minimum Gasteiger partial charge on any atom is -0.315 e. The van der Waals surface area contributed by atoms with Gasteiger partial charge in [-0.3, -0.25) is 4.79 Å². The smallest absolute Gasteiger partial charge is 0.231 e. The van der Waals surface area contributed by atoms with Crippen molar-refractivity contribution in [1.29, 1.82) is 0 Å². The van der Waals surface area contributed by atoms with Gasteiger partial charge in [-0.25, -0.2) is 8.42 Å². The first-order valence-electron chi connectivity index (χ1n) is 6.28. The molecule has 0 aromatic heterocycles. The zero-order valence-corrected chi connectivity index (χ0v) is 14.4. The van der Waals surface area contributed by atoms with E-state index in [9.17, 15) is 13.2 Å². The predicted molar refractivity (Wildman–Crippen MR) is 84.1 cm³/mol. The molecule has 0 fully saturated rings. The summed E-state index contributed by atoms with van der Waals surface area (Å²) in [6, 6.07) is 5.67. The van der Waals surface area contributed by atoms with E-state index in [0.717, 1.165) is 16.8 Å². The summed E-state index contributed by atoms with van der Waals surface area (Å²) in [5.41, 5.74) is 2.72. The van der Waals surface area contributed by atoms with Crippen LogP contribution in [0.1, 0.15) is 29.8 Å². The summed E-state index contributed by atoms with van der Waals surface area (Å²) in [5.74, 6) is 0.0608. The molecule has 1 atom stereocenters. The lowest BCUT2D eigenvalue weighted by atomic mass is 9.99. The Balaban J connectivity index is 2.42. The summed E-state index contributed by atoms with van der Waals surface area (Å²) in [6.07, 6.45) is 1.62. The molecule has 0 radical (unpaired) electrons. The van der Waals surface area contributed by atoms with Crippen LogP contribution in [0.2, 0.25) is 0 Å². The fourth-order valence-corrected chi connectivity index (χ4v) is 4.05. The van der Waals surface area contributed by atoms with Gasteiger partial charge in [0.2, 0.25) is 5.91 Å². The Hall–Kier alpha value is -0.880. The average molecular weight is 360 g/mol. The third kappa shape index (κ3) is 2.39. The maximum Gasteiger partial charge on any atom is 0.231 e. The summed E-state index contributed by atoms with van der Waals surface area (Å²) in [4.78, 5) is 13.0. The molecule has 1 heterocycles. The van der Waals surface area contributed by atoms with Gasteiger partial charge in [-0.15, -0.1) is 0 Å². The van der Waals surface area contributed by atoms with Crippen molar-refractivity contribution in [1.82, 2.24) is 0 Å². The standard InChI is InChI=1S/C14H18BrNO3S/c1-14(2,20(4,18)19)13(15)9-5-6-11-10(7-9)8-12(17)16(11)3/h5-7,13H,8H2,1-4H3. The molecule has 0 bridgehead atoms. The molecule has 0 saturated carbocycles. The van der Waals surface area contributed by atoms with Crippen LogP contribution in [0.15, 0.2) is 18.2 Å². The molecule has 1 amide bonds. The minimum absolute atomic E-state index is 0.0608. The van der Waals surface area contributed by atoms with E-state index in [0.29, 0.717) is 6.42 Å². The van der Waals surface area contributed by atoms with E-state index in [1.165, 1.54) is 6.26 Å². The summed E-state index contributed by atoms with van der Waals surface area (Å²) in [5, 5.41) is 0. The molecule has 2 rings (SSSR count). The van der Waals surface area contributed by atoms with Crippen LogP contribution in [0.3, 0.4) is 0 Å². The summed E-state index contributed by atoms with van der Waals surface area (Å²) >= 11 is 3.50. The van der Waals surface area contributed by atoms with E-state index >= 15 is 0 Å². The first-order chi connectivity index (χ1) is 9.05. The zero-order valence-electron chi connectivity index (χ0n) is 12.0. The van der Waals surface area contributed by atoms with Crippen molar-refractivity contribution in [3.63, 3.8) is 0 Å². The molecule has 20 heavy (non-hydrogen) atoms. The van der Waals surface area contributed by atoms with Gasteiger partial charge in [0, 0.05) is 19.0 Å². The van der Waals surface area contributed by atoms with Gasteiger partial charge in [0.25, 0.3) is 0 Å². The highest BCUT2D eigenvalue weighted by Crippen LogP contribution is 2.41. The number of likely N-dealkylation sites (N-methyl/N-ethyl adjacent to an activating group) is 1. The normalized spacial score (nSPS) is 17.2. The summed E-state index contributed by atoms with van der Waals surface area (Å²) in [7, 11) is -1.46. The third-order valence-corrected chi connectivity index (χ3v) is 8.16. The Kier molecular flexibility index (Phi) is 3.75. The van der Waals surface area contributed by atoms with Crippen LogP contribution < -0.4 is 4.90 Å². The van der Waals surface area contributed by atoms with Crippen LogP contribution in [0.5, 0.6) is 0 Å². The Bertz CT molecular complexity index is 667. The average Bonchev–Trinajstić information content (AvgIpc) is 2.62. The van der Waals surface area contributed by atoms with E-state index in [4.69, 9.17) is 0 Å². The molecule has 1 unspecified atom stereocenters. The summed E-state index contributed by atoms with van der Waals surface area (Å²) in [6.45, 7) is 3.40. The molecular formula is C14H18BrNO3S. The first-order valence-corrected chi connectivity index (χ1v) is 9.09. The number of sulfone groups is 1. The van der Waals surface area contributed by atoms with Gasteiger partial charge in [0.1, 0.15) is 0 Å². The van der Waals surface area contributed by atoms with E-state index in [1.54, 1.807) is 25.8 Å². The van der Waals surface area contributed by atoms with E-state index in [-0.39, 0.29) is 10.7 Å². The molecule has 4 nitrogen and oxygen atoms in total. The topological polar surface area (TPSA) is 54.5 Å². The molecule has 110 valence electrons. The summed E-state index contributed by atoms with van der Waals surface area (Å²) < 4.78 is 22.9. The largest absolute Gasteiger partial charge is 0.315 e. The number of fused-ring (bicyclic) bond motifs is 1. The second kappa shape index (κ2) is 4.84. The van der Waals surface area contributed by atoms with Gasteiger partial charge in [-0.1, -0.05) is 28.1 Å². The van der Waals surface area contributed by atoms with Crippen LogP contribution >= 0.6 is 15.9 Å². The van der Waals surface area contributed by atoms with Crippen molar-refractivity contribution < 1.29 is 13.2 Å². The SMILES string of the molecule is CN1C(=O)Cc2cc(C(Br)C(C)(C)S(C)(=O)=O)ccc21. The van der Waals surface area contributed by atoms with Gasteiger partial charge in [0.05, 0.1) is 16.0 Å². The van der Waals surface area contributed by atoms with E-state index in [1.807, 2.05) is 18.2 Å². The molecule has 1 aromatic carbocycles. The number of benzene rings is 1. The van der Waals surface area contributed by atoms with Crippen molar-refractivity contribution in [3.8, 4) is 0 Å². The molecule has 0 aliphatic carbocycles. The number of carbonyl (C=O) groups excluding carboxylic acids is 1. The van der Waals surface area contributed by atoms with Gasteiger partial charge in [-0.2, -0.15) is 0 Å². The van der Waals surface area contributed by atoms with E-state index in [2.05, 4.69) is 15.9 Å². The fourth-order valence-electron chi connectivity index (χ4n) is 2.24. The monoisotopic (exact) mass is 359 g/mol. The maximum absolute atomic E-state index is 11.9. The number of hydrogen-bond donors (Lipinski definition) is 0. The third-order valence-electron chi connectivity index (χ3n) is 4.04. The molecule has 1 aromatic rings. The zero-order chi connectivity index (χ0) is 15.3. The van der Waals surface area contributed by atoms with Gasteiger partial charge >= 0.3 is 0 Å². The Labute approximate surface area is 128 Å². The van der Waals surface area contributed by atoms with Gasteiger partial charge < -0.3 is 4.90 Å². The molecular weight excluding hydrogens is 342 g/mol. The van der Waals surface area contributed by atoms with Crippen molar-refractivity contribution >= 4 is 37.4 Å².